The zero-order valence-corrected chi connectivity index (χ0v) is 12.5. The summed E-state index contributed by atoms with van der Waals surface area (Å²) in [5.41, 5.74) is 1.57. The summed E-state index contributed by atoms with van der Waals surface area (Å²) >= 11 is 0. The molecule has 1 aliphatic carbocycles. The molecular weight excluding hydrogens is 237 g/mol. The largest absolute Gasteiger partial charge is 0.313 e. The molecule has 19 heavy (non-hydrogen) atoms. The Hall–Kier alpha value is -0.890. The van der Waals surface area contributed by atoms with Gasteiger partial charge in [0.15, 0.2) is 0 Å². The van der Waals surface area contributed by atoms with Gasteiger partial charge in [0.2, 0.25) is 0 Å². The standard InChI is InChI=1S/C17H26FN/c1-5-11-19-16-12(3)15(17(16,4)6-2)13-7-9-14(18)10-8-13/h7-10,12,15-16,19H,5-6,11H2,1-4H3. The van der Waals surface area contributed by atoms with Crippen LogP contribution >= 0.6 is 0 Å². The Morgan fingerprint density at radius 2 is 1.84 bits per heavy atom. The van der Waals surface area contributed by atoms with Crippen LogP contribution in [0, 0.1) is 17.2 Å². The molecule has 0 aromatic heterocycles. The first kappa shape index (κ1) is 14.5. The van der Waals surface area contributed by atoms with Crippen LogP contribution in [0.1, 0.15) is 52.0 Å². The summed E-state index contributed by atoms with van der Waals surface area (Å²) in [7, 11) is 0. The van der Waals surface area contributed by atoms with E-state index in [0.717, 1.165) is 13.0 Å². The molecule has 2 rings (SSSR count). The van der Waals surface area contributed by atoms with Crippen molar-refractivity contribution >= 4 is 0 Å². The van der Waals surface area contributed by atoms with Gasteiger partial charge in [0.05, 0.1) is 0 Å². The minimum absolute atomic E-state index is 0.144. The highest BCUT2D eigenvalue weighted by Gasteiger charge is 2.55. The first-order chi connectivity index (χ1) is 9.04. The number of hydrogen-bond donors (Lipinski definition) is 1. The third-order valence-electron chi connectivity index (χ3n) is 5.08. The summed E-state index contributed by atoms with van der Waals surface area (Å²) in [6.07, 6.45) is 2.32. The molecule has 1 aromatic rings. The number of rotatable bonds is 5. The lowest BCUT2D eigenvalue weighted by atomic mass is 9.48. The summed E-state index contributed by atoms with van der Waals surface area (Å²) in [4.78, 5) is 0. The van der Waals surface area contributed by atoms with Crippen molar-refractivity contribution in [3.8, 4) is 0 Å². The molecule has 1 saturated carbocycles. The summed E-state index contributed by atoms with van der Waals surface area (Å²) in [5, 5.41) is 3.70. The van der Waals surface area contributed by atoms with Crippen molar-refractivity contribution in [2.45, 2.75) is 52.5 Å². The van der Waals surface area contributed by atoms with Gasteiger partial charge in [-0.15, -0.1) is 0 Å². The molecule has 0 aliphatic heterocycles. The molecule has 4 atom stereocenters. The Bertz CT molecular complexity index is 414. The molecular formula is C17H26FN. The van der Waals surface area contributed by atoms with Crippen LogP contribution in [-0.2, 0) is 0 Å². The molecule has 0 radical (unpaired) electrons. The molecule has 1 fully saturated rings. The van der Waals surface area contributed by atoms with Gasteiger partial charge in [-0.1, -0.05) is 39.8 Å². The highest BCUT2D eigenvalue weighted by Crippen LogP contribution is 2.58. The monoisotopic (exact) mass is 263 g/mol. The van der Waals surface area contributed by atoms with Crippen LogP contribution in [0.5, 0.6) is 0 Å². The quantitative estimate of drug-likeness (QED) is 0.833. The van der Waals surface area contributed by atoms with Gasteiger partial charge in [-0.3, -0.25) is 0 Å². The van der Waals surface area contributed by atoms with E-state index in [1.165, 1.54) is 12.0 Å². The highest BCUT2D eigenvalue weighted by molar-refractivity contribution is 5.30. The van der Waals surface area contributed by atoms with E-state index in [0.29, 0.717) is 17.9 Å². The molecule has 1 aliphatic rings. The van der Waals surface area contributed by atoms with Gasteiger partial charge in [-0.2, -0.15) is 0 Å². The zero-order chi connectivity index (χ0) is 14.0. The maximum atomic E-state index is 13.1. The Balaban J connectivity index is 2.19. The van der Waals surface area contributed by atoms with Crippen molar-refractivity contribution < 1.29 is 4.39 Å². The summed E-state index contributed by atoms with van der Waals surface area (Å²) in [5.74, 6) is 1.00. The van der Waals surface area contributed by atoms with Crippen molar-refractivity contribution in [1.29, 1.82) is 0 Å². The Kier molecular flexibility index (Phi) is 4.29. The predicted molar refractivity (Wildman–Crippen MR) is 78.8 cm³/mol. The first-order valence-corrected chi connectivity index (χ1v) is 7.53. The molecule has 2 heteroatoms. The van der Waals surface area contributed by atoms with E-state index in [4.69, 9.17) is 0 Å². The molecule has 4 unspecified atom stereocenters. The van der Waals surface area contributed by atoms with Crippen molar-refractivity contribution in [2.75, 3.05) is 6.54 Å². The fraction of sp³-hybridized carbons (Fsp3) is 0.647. The van der Waals surface area contributed by atoms with E-state index in [-0.39, 0.29) is 11.2 Å². The zero-order valence-electron chi connectivity index (χ0n) is 12.5. The van der Waals surface area contributed by atoms with E-state index in [1.54, 1.807) is 12.1 Å². The molecule has 0 amide bonds. The van der Waals surface area contributed by atoms with Crippen molar-refractivity contribution in [3.63, 3.8) is 0 Å². The van der Waals surface area contributed by atoms with Gasteiger partial charge in [-0.05, 0) is 54.3 Å². The van der Waals surface area contributed by atoms with E-state index >= 15 is 0 Å². The van der Waals surface area contributed by atoms with Crippen LogP contribution in [-0.4, -0.2) is 12.6 Å². The molecule has 1 nitrogen and oxygen atoms in total. The molecule has 1 N–H and O–H groups in total. The summed E-state index contributed by atoms with van der Waals surface area (Å²) in [6.45, 7) is 10.2. The average Bonchev–Trinajstić information content (AvgIpc) is 2.41. The van der Waals surface area contributed by atoms with Gasteiger partial charge < -0.3 is 5.32 Å². The third-order valence-corrected chi connectivity index (χ3v) is 5.08. The Morgan fingerprint density at radius 1 is 1.21 bits per heavy atom. The van der Waals surface area contributed by atoms with E-state index in [1.807, 2.05) is 12.1 Å². The normalized spacial score (nSPS) is 34.1. The molecule has 0 bridgehead atoms. The number of hydrogen-bond acceptors (Lipinski definition) is 1. The molecule has 106 valence electrons. The van der Waals surface area contributed by atoms with E-state index < -0.39 is 0 Å². The van der Waals surface area contributed by atoms with Crippen LogP contribution in [0.15, 0.2) is 24.3 Å². The molecule has 0 spiro atoms. The lowest BCUT2D eigenvalue weighted by molar-refractivity contribution is -0.0195. The van der Waals surface area contributed by atoms with Gasteiger partial charge in [0.25, 0.3) is 0 Å². The van der Waals surface area contributed by atoms with Gasteiger partial charge >= 0.3 is 0 Å². The number of nitrogens with one attached hydrogen (secondary N) is 1. The minimum Gasteiger partial charge on any atom is -0.313 e. The van der Waals surface area contributed by atoms with Gasteiger partial charge in [0.1, 0.15) is 5.82 Å². The number of benzene rings is 1. The van der Waals surface area contributed by atoms with E-state index in [2.05, 4.69) is 33.0 Å². The van der Waals surface area contributed by atoms with Crippen molar-refractivity contribution in [3.05, 3.63) is 35.6 Å². The minimum atomic E-state index is -0.144. The van der Waals surface area contributed by atoms with Crippen LogP contribution in [0.2, 0.25) is 0 Å². The van der Waals surface area contributed by atoms with Crippen molar-refractivity contribution in [1.82, 2.24) is 5.32 Å². The van der Waals surface area contributed by atoms with Gasteiger partial charge in [0, 0.05) is 6.04 Å². The first-order valence-electron chi connectivity index (χ1n) is 7.53. The second-order valence-corrected chi connectivity index (χ2v) is 6.18. The fourth-order valence-electron chi connectivity index (χ4n) is 3.98. The number of halogens is 1. The lowest BCUT2D eigenvalue weighted by Gasteiger charge is -2.60. The maximum Gasteiger partial charge on any atom is 0.123 e. The van der Waals surface area contributed by atoms with Crippen molar-refractivity contribution in [2.24, 2.45) is 11.3 Å². The van der Waals surface area contributed by atoms with Gasteiger partial charge in [-0.25, -0.2) is 4.39 Å². The van der Waals surface area contributed by atoms with Crippen LogP contribution in [0.4, 0.5) is 4.39 Å². The second-order valence-electron chi connectivity index (χ2n) is 6.18. The SMILES string of the molecule is CCCNC1C(C)C(c2ccc(F)cc2)C1(C)CC. The summed E-state index contributed by atoms with van der Waals surface area (Å²) in [6, 6.07) is 7.67. The average molecular weight is 263 g/mol. The van der Waals surface area contributed by atoms with E-state index in [9.17, 15) is 4.39 Å². The Labute approximate surface area is 116 Å². The Morgan fingerprint density at radius 3 is 2.37 bits per heavy atom. The smallest absolute Gasteiger partial charge is 0.123 e. The molecule has 0 heterocycles. The molecule has 0 saturated heterocycles. The second kappa shape index (κ2) is 5.62. The van der Waals surface area contributed by atoms with Crippen LogP contribution in [0.25, 0.3) is 0 Å². The third kappa shape index (κ3) is 2.43. The topological polar surface area (TPSA) is 12.0 Å². The predicted octanol–water partition coefficient (Wildman–Crippen LogP) is 4.34. The summed E-state index contributed by atoms with van der Waals surface area (Å²) < 4.78 is 13.1. The maximum absolute atomic E-state index is 13.1. The van der Waals surface area contributed by atoms with Crippen LogP contribution < -0.4 is 5.32 Å². The fourth-order valence-corrected chi connectivity index (χ4v) is 3.98. The highest BCUT2D eigenvalue weighted by atomic mass is 19.1. The molecule has 1 aromatic carbocycles. The lowest BCUT2D eigenvalue weighted by Crippen LogP contribution is -2.62. The van der Waals surface area contributed by atoms with Crippen LogP contribution in [0.3, 0.4) is 0 Å².